The second kappa shape index (κ2) is 7.54. The van der Waals surface area contributed by atoms with Gasteiger partial charge in [-0.1, -0.05) is 66.2 Å². The smallest absolute Gasteiger partial charge is 0.300 e. The highest BCUT2D eigenvalue weighted by Gasteiger charge is 2.47. The first kappa shape index (κ1) is 19.8. The Morgan fingerprint density at radius 3 is 2.47 bits per heavy atom. The zero-order valence-corrected chi connectivity index (χ0v) is 17.8. The van der Waals surface area contributed by atoms with Crippen LogP contribution in [0.25, 0.3) is 16.7 Å². The van der Waals surface area contributed by atoms with Crippen LogP contribution >= 0.6 is 0 Å². The highest BCUT2D eigenvalue weighted by Crippen LogP contribution is 2.43. The molecule has 1 unspecified atom stereocenters. The van der Waals surface area contributed by atoms with Gasteiger partial charge in [-0.2, -0.15) is 0 Å². The maximum Gasteiger partial charge on any atom is 0.300 e. The van der Waals surface area contributed by atoms with Crippen molar-refractivity contribution in [1.29, 1.82) is 0 Å². The largest absolute Gasteiger partial charge is 0.507 e. The minimum Gasteiger partial charge on any atom is -0.507 e. The number of anilines is 1. The summed E-state index contributed by atoms with van der Waals surface area (Å²) >= 11 is 0. The molecule has 0 aliphatic carbocycles. The average molecular weight is 422 g/mol. The first-order valence-electron chi connectivity index (χ1n) is 10.5. The van der Waals surface area contributed by atoms with Gasteiger partial charge in [-0.25, -0.2) is 0 Å². The molecule has 0 bridgehead atoms. The second-order valence-electron chi connectivity index (χ2n) is 8.12. The number of nitrogens with one attached hydrogen (secondary N) is 1. The van der Waals surface area contributed by atoms with E-state index in [9.17, 15) is 14.7 Å². The third kappa shape index (κ3) is 3.02. The molecule has 1 aliphatic heterocycles. The minimum atomic E-state index is -0.732. The van der Waals surface area contributed by atoms with Crippen molar-refractivity contribution in [2.24, 2.45) is 0 Å². The van der Waals surface area contributed by atoms with Crippen molar-refractivity contribution in [1.82, 2.24) is 4.98 Å². The van der Waals surface area contributed by atoms with Gasteiger partial charge < -0.3 is 10.1 Å². The molecule has 5 nitrogen and oxygen atoms in total. The average Bonchev–Trinajstić information content (AvgIpc) is 3.33. The summed E-state index contributed by atoms with van der Waals surface area (Å²) in [6, 6.07) is 22.0. The Bertz CT molecular complexity index is 1410. The number of Topliss-reactive ketones (excluding diaryl/α,β-unsaturated/α-hetero) is 1. The van der Waals surface area contributed by atoms with Crippen molar-refractivity contribution in [3.8, 4) is 0 Å². The minimum absolute atomic E-state index is 0.0913. The Morgan fingerprint density at radius 2 is 1.69 bits per heavy atom. The number of para-hydroxylation sites is 2. The molecule has 1 atom stereocenters. The lowest BCUT2D eigenvalue weighted by atomic mass is 9.94. The Balaban J connectivity index is 1.79. The van der Waals surface area contributed by atoms with Crippen LogP contribution in [-0.2, 0) is 9.59 Å². The van der Waals surface area contributed by atoms with Gasteiger partial charge in [0.25, 0.3) is 11.7 Å². The Morgan fingerprint density at radius 1 is 0.938 bits per heavy atom. The van der Waals surface area contributed by atoms with E-state index in [1.807, 2.05) is 86.6 Å². The molecule has 1 aromatic heterocycles. The summed E-state index contributed by atoms with van der Waals surface area (Å²) in [5.41, 5.74) is 4.74. The lowest BCUT2D eigenvalue weighted by molar-refractivity contribution is -0.132. The van der Waals surface area contributed by atoms with Crippen LogP contribution in [-0.4, -0.2) is 21.8 Å². The van der Waals surface area contributed by atoms with E-state index in [-0.39, 0.29) is 11.3 Å². The first-order chi connectivity index (χ1) is 15.5. The van der Waals surface area contributed by atoms with Gasteiger partial charge >= 0.3 is 0 Å². The van der Waals surface area contributed by atoms with Gasteiger partial charge in [0.05, 0.1) is 11.6 Å². The molecule has 0 saturated carbocycles. The standard InChI is InChI=1S/C27H22N2O3/c1-16-8-7-10-18(14-16)24-23(25(30)20-15-28-21-12-5-4-11-19(20)21)26(31)27(32)29(24)22-13-6-3-9-17(22)2/h3-15,24,28,30H,1-2H3/b25-23-. The van der Waals surface area contributed by atoms with E-state index in [0.717, 1.165) is 27.6 Å². The molecule has 5 heteroatoms. The molecule has 32 heavy (non-hydrogen) atoms. The zero-order valence-electron chi connectivity index (χ0n) is 17.8. The van der Waals surface area contributed by atoms with E-state index in [1.54, 1.807) is 6.20 Å². The Hall–Kier alpha value is -4.12. The summed E-state index contributed by atoms with van der Waals surface area (Å²) in [4.78, 5) is 31.3. The maximum atomic E-state index is 13.3. The van der Waals surface area contributed by atoms with E-state index >= 15 is 0 Å². The van der Waals surface area contributed by atoms with Gasteiger partial charge in [0.2, 0.25) is 0 Å². The van der Waals surface area contributed by atoms with E-state index in [1.165, 1.54) is 4.90 Å². The van der Waals surface area contributed by atoms with Crippen LogP contribution in [0.15, 0.2) is 84.6 Å². The summed E-state index contributed by atoms with van der Waals surface area (Å²) in [6.45, 7) is 3.87. The normalized spacial score (nSPS) is 17.9. The fourth-order valence-electron chi connectivity index (χ4n) is 4.48. The molecule has 0 radical (unpaired) electrons. The summed E-state index contributed by atoms with van der Waals surface area (Å²) in [5.74, 6) is -1.52. The molecule has 4 aromatic rings. The van der Waals surface area contributed by atoms with Crippen LogP contribution in [0.3, 0.4) is 0 Å². The quantitative estimate of drug-likeness (QED) is 0.263. The second-order valence-corrected chi connectivity index (χ2v) is 8.12. The number of carbonyl (C=O) groups excluding carboxylic acids is 2. The fourth-order valence-corrected chi connectivity index (χ4v) is 4.48. The third-order valence-electron chi connectivity index (χ3n) is 6.02. The number of amides is 1. The molecule has 1 fully saturated rings. The summed E-state index contributed by atoms with van der Waals surface area (Å²) in [6.07, 6.45) is 1.68. The number of ketones is 1. The fraction of sp³-hybridized carbons (Fsp3) is 0.111. The number of H-pyrrole nitrogens is 1. The van der Waals surface area contributed by atoms with Crippen LogP contribution in [0.1, 0.15) is 28.3 Å². The van der Waals surface area contributed by atoms with E-state index in [0.29, 0.717) is 11.3 Å². The van der Waals surface area contributed by atoms with Crippen LogP contribution < -0.4 is 4.90 Å². The molecule has 0 spiro atoms. The number of aliphatic hydroxyl groups is 1. The van der Waals surface area contributed by atoms with Gasteiger partial charge in [0.15, 0.2) is 0 Å². The van der Waals surface area contributed by atoms with Gasteiger partial charge in [-0.05, 0) is 37.1 Å². The number of aromatic nitrogens is 1. The maximum absolute atomic E-state index is 13.3. The lowest BCUT2D eigenvalue weighted by Crippen LogP contribution is -2.30. The predicted octanol–water partition coefficient (Wildman–Crippen LogP) is 5.41. The van der Waals surface area contributed by atoms with Crippen LogP contribution in [0.5, 0.6) is 0 Å². The molecule has 158 valence electrons. The molecule has 5 rings (SSSR count). The van der Waals surface area contributed by atoms with Gasteiger partial charge in [-0.15, -0.1) is 0 Å². The molecular weight excluding hydrogens is 400 g/mol. The zero-order chi connectivity index (χ0) is 22.4. The van der Waals surface area contributed by atoms with Gasteiger partial charge in [0.1, 0.15) is 5.76 Å². The predicted molar refractivity (Wildman–Crippen MR) is 125 cm³/mol. The number of aromatic amines is 1. The summed E-state index contributed by atoms with van der Waals surface area (Å²) < 4.78 is 0. The number of hydrogen-bond donors (Lipinski definition) is 2. The molecule has 3 aromatic carbocycles. The molecule has 2 N–H and O–H groups in total. The lowest BCUT2D eigenvalue weighted by Gasteiger charge is -2.27. The number of fused-ring (bicyclic) bond motifs is 1. The highest BCUT2D eigenvalue weighted by molar-refractivity contribution is 6.52. The first-order valence-corrected chi connectivity index (χ1v) is 10.5. The Labute approximate surface area is 185 Å². The summed E-state index contributed by atoms with van der Waals surface area (Å²) in [7, 11) is 0. The molecule has 1 amide bonds. The van der Waals surface area contributed by atoms with Crippen LogP contribution in [0.4, 0.5) is 5.69 Å². The van der Waals surface area contributed by atoms with Crippen molar-refractivity contribution >= 4 is 34.0 Å². The third-order valence-corrected chi connectivity index (χ3v) is 6.02. The number of aryl methyl sites for hydroxylation is 2. The van der Waals surface area contributed by atoms with E-state index in [4.69, 9.17) is 0 Å². The number of carbonyl (C=O) groups is 2. The van der Waals surface area contributed by atoms with Crippen molar-refractivity contribution in [3.63, 3.8) is 0 Å². The topological polar surface area (TPSA) is 73.4 Å². The number of aliphatic hydroxyl groups excluding tert-OH is 1. The van der Waals surface area contributed by atoms with Crippen molar-refractivity contribution in [2.75, 3.05) is 4.90 Å². The van der Waals surface area contributed by atoms with E-state index in [2.05, 4.69) is 4.98 Å². The molecule has 2 heterocycles. The molecule has 1 saturated heterocycles. The number of benzene rings is 3. The highest BCUT2D eigenvalue weighted by atomic mass is 16.3. The number of rotatable bonds is 3. The van der Waals surface area contributed by atoms with Crippen LogP contribution in [0.2, 0.25) is 0 Å². The van der Waals surface area contributed by atoms with Crippen LogP contribution in [0, 0.1) is 13.8 Å². The monoisotopic (exact) mass is 422 g/mol. The Kier molecular flexibility index (Phi) is 4.67. The number of nitrogens with zero attached hydrogens (tertiary/aromatic N) is 1. The summed E-state index contributed by atoms with van der Waals surface area (Å²) in [5, 5.41) is 12.2. The van der Waals surface area contributed by atoms with Gasteiger partial charge in [-0.3, -0.25) is 14.5 Å². The molecule has 1 aliphatic rings. The number of hydrogen-bond acceptors (Lipinski definition) is 3. The van der Waals surface area contributed by atoms with Crippen molar-refractivity contribution in [2.45, 2.75) is 19.9 Å². The molecular formula is C27H22N2O3. The van der Waals surface area contributed by atoms with Crippen molar-refractivity contribution < 1.29 is 14.7 Å². The van der Waals surface area contributed by atoms with Crippen molar-refractivity contribution in [3.05, 3.63) is 107 Å². The van der Waals surface area contributed by atoms with Gasteiger partial charge in [0, 0.05) is 28.4 Å². The van der Waals surface area contributed by atoms with E-state index < -0.39 is 17.7 Å². The SMILES string of the molecule is Cc1cccc(C2/C(=C(/O)c3c[nH]c4ccccc34)C(=O)C(=O)N2c2ccccc2C)c1.